The van der Waals surface area contributed by atoms with Crippen LogP contribution in [0, 0.1) is 0 Å². The molecule has 148 valence electrons. The highest BCUT2D eigenvalue weighted by Crippen LogP contribution is 2.23. The minimum atomic E-state index is -3.63. The van der Waals surface area contributed by atoms with Crippen LogP contribution in [0.25, 0.3) is 11.4 Å². The maximum absolute atomic E-state index is 12.3. The van der Waals surface area contributed by atoms with Gasteiger partial charge in [-0.25, -0.2) is 13.1 Å². The van der Waals surface area contributed by atoms with E-state index < -0.39 is 10.0 Å². The first-order valence-electron chi connectivity index (χ1n) is 8.33. The molecule has 0 saturated heterocycles. The van der Waals surface area contributed by atoms with E-state index in [1.807, 2.05) is 6.92 Å². The summed E-state index contributed by atoms with van der Waals surface area (Å²) < 4.78 is 37.4. The molecule has 0 aliphatic heterocycles. The molecule has 1 aromatic heterocycles. The number of halogens is 2. The zero-order valence-electron chi connectivity index (χ0n) is 14.9. The molecule has 0 aliphatic rings. The Kier molecular flexibility index (Phi) is 6.56. The quantitative estimate of drug-likeness (QED) is 0.566. The number of hydrogen-bond donors (Lipinski definition) is 1. The zero-order chi connectivity index (χ0) is 20.1. The predicted molar refractivity (Wildman–Crippen MR) is 107 cm³/mol. The molecule has 0 amide bonds. The molecule has 0 atom stereocenters. The van der Waals surface area contributed by atoms with Gasteiger partial charge < -0.3 is 9.26 Å². The number of aromatic nitrogens is 2. The van der Waals surface area contributed by atoms with Crippen molar-refractivity contribution in [2.45, 2.75) is 19.2 Å². The average molecular weight is 442 g/mol. The first kappa shape index (κ1) is 20.6. The fraction of sp³-hybridized carbons (Fsp3) is 0.222. The summed E-state index contributed by atoms with van der Waals surface area (Å²) in [5.41, 5.74) is 1.25. The second-order valence-corrected chi connectivity index (χ2v) is 8.42. The Morgan fingerprint density at radius 2 is 1.86 bits per heavy atom. The van der Waals surface area contributed by atoms with Crippen molar-refractivity contribution in [1.82, 2.24) is 14.9 Å². The first-order chi connectivity index (χ1) is 13.4. The van der Waals surface area contributed by atoms with Gasteiger partial charge in [-0.3, -0.25) is 0 Å². The van der Waals surface area contributed by atoms with E-state index in [1.54, 1.807) is 36.4 Å². The van der Waals surface area contributed by atoms with Crippen molar-refractivity contribution in [1.29, 1.82) is 0 Å². The third-order valence-electron chi connectivity index (χ3n) is 3.68. The van der Waals surface area contributed by atoms with Crippen LogP contribution in [0.5, 0.6) is 5.75 Å². The molecule has 7 nitrogen and oxygen atoms in total. The van der Waals surface area contributed by atoms with Crippen molar-refractivity contribution in [2.75, 3.05) is 6.61 Å². The van der Waals surface area contributed by atoms with Crippen LogP contribution in [-0.4, -0.2) is 25.2 Å². The molecule has 28 heavy (non-hydrogen) atoms. The molecule has 1 heterocycles. The monoisotopic (exact) mass is 441 g/mol. The Labute approximate surface area is 172 Å². The van der Waals surface area contributed by atoms with E-state index in [4.69, 9.17) is 32.5 Å². The lowest BCUT2D eigenvalue weighted by Crippen LogP contribution is -2.24. The molecule has 0 unspecified atom stereocenters. The molecule has 3 aromatic rings. The van der Waals surface area contributed by atoms with E-state index in [0.717, 1.165) is 11.3 Å². The third kappa shape index (κ3) is 5.45. The lowest BCUT2D eigenvalue weighted by Gasteiger charge is -2.06. The number of rotatable bonds is 8. The number of nitrogens with one attached hydrogen (secondary N) is 1. The van der Waals surface area contributed by atoms with Crippen LogP contribution in [0.15, 0.2) is 47.0 Å². The van der Waals surface area contributed by atoms with E-state index in [-0.39, 0.29) is 18.2 Å². The number of sulfonamides is 1. The minimum absolute atomic E-state index is 0.117. The van der Waals surface area contributed by atoms with Gasteiger partial charge >= 0.3 is 0 Å². The molecule has 0 spiro atoms. The van der Waals surface area contributed by atoms with Crippen molar-refractivity contribution in [3.63, 3.8) is 0 Å². The van der Waals surface area contributed by atoms with Crippen molar-refractivity contribution in [2.24, 2.45) is 0 Å². The van der Waals surface area contributed by atoms with Crippen LogP contribution in [0.1, 0.15) is 18.4 Å². The molecular formula is C18H17Cl2N3O4S. The van der Waals surface area contributed by atoms with Crippen LogP contribution < -0.4 is 9.46 Å². The lowest BCUT2D eigenvalue weighted by atomic mass is 10.2. The van der Waals surface area contributed by atoms with Crippen molar-refractivity contribution >= 4 is 33.2 Å². The van der Waals surface area contributed by atoms with E-state index in [1.165, 1.54) is 6.07 Å². The predicted octanol–water partition coefficient (Wildman–Crippen LogP) is 4.06. The summed E-state index contributed by atoms with van der Waals surface area (Å²) in [5, 5.41) is 4.54. The Balaban J connectivity index is 1.62. The van der Waals surface area contributed by atoms with Gasteiger partial charge in [0.2, 0.25) is 21.7 Å². The molecule has 0 saturated carbocycles. The van der Waals surface area contributed by atoms with E-state index in [2.05, 4.69) is 14.9 Å². The summed E-state index contributed by atoms with van der Waals surface area (Å²) in [7, 11) is -3.63. The summed E-state index contributed by atoms with van der Waals surface area (Å²) >= 11 is 11.8. The van der Waals surface area contributed by atoms with Crippen LogP contribution >= 0.6 is 23.2 Å². The topological polar surface area (TPSA) is 94.3 Å². The highest BCUT2D eigenvalue weighted by molar-refractivity contribution is 7.88. The van der Waals surface area contributed by atoms with Gasteiger partial charge in [0.15, 0.2) is 0 Å². The molecular weight excluding hydrogens is 425 g/mol. The Bertz CT molecular complexity index is 1050. The largest absolute Gasteiger partial charge is 0.494 e. The van der Waals surface area contributed by atoms with Gasteiger partial charge in [-0.15, -0.1) is 0 Å². The van der Waals surface area contributed by atoms with Gasteiger partial charge in [0, 0.05) is 5.56 Å². The SMILES string of the molecule is CCOc1ccc(-c2noc(CNS(=O)(=O)Cc3ccc(Cl)c(Cl)c3)n2)cc1. The summed E-state index contributed by atoms with van der Waals surface area (Å²) in [6.07, 6.45) is 0. The fourth-order valence-corrected chi connectivity index (χ4v) is 3.77. The summed E-state index contributed by atoms with van der Waals surface area (Å²) in [6, 6.07) is 11.9. The molecule has 0 fully saturated rings. The maximum Gasteiger partial charge on any atom is 0.242 e. The van der Waals surface area contributed by atoms with Gasteiger partial charge in [-0.05, 0) is 48.9 Å². The standard InChI is InChI=1S/C18H17Cl2N3O4S/c1-2-26-14-6-4-13(5-7-14)18-22-17(27-23-18)10-21-28(24,25)11-12-3-8-15(19)16(20)9-12/h3-9,21H,2,10-11H2,1H3. The molecule has 0 radical (unpaired) electrons. The highest BCUT2D eigenvalue weighted by atomic mass is 35.5. The second kappa shape index (κ2) is 8.91. The third-order valence-corrected chi connectivity index (χ3v) is 5.71. The molecule has 3 rings (SSSR count). The number of ether oxygens (including phenoxy) is 1. The van der Waals surface area contributed by atoms with Gasteiger partial charge in [0.1, 0.15) is 5.75 Å². The van der Waals surface area contributed by atoms with Gasteiger partial charge in [0.25, 0.3) is 0 Å². The summed E-state index contributed by atoms with van der Waals surface area (Å²) in [6.45, 7) is 2.36. The van der Waals surface area contributed by atoms with Gasteiger partial charge in [0.05, 0.1) is 28.9 Å². The number of hydrogen-bond acceptors (Lipinski definition) is 6. The van der Waals surface area contributed by atoms with Gasteiger partial charge in [-0.1, -0.05) is 34.4 Å². The molecule has 2 aromatic carbocycles. The normalized spacial score (nSPS) is 11.5. The second-order valence-electron chi connectivity index (χ2n) is 5.80. The zero-order valence-corrected chi connectivity index (χ0v) is 17.2. The number of nitrogens with zero attached hydrogens (tertiary/aromatic N) is 2. The van der Waals surface area contributed by atoms with Crippen LogP contribution in [0.3, 0.4) is 0 Å². The number of benzene rings is 2. The fourth-order valence-electron chi connectivity index (χ4n) is 2.38. The van der Waals surface area contributed by atoms with Crippen LogP contribution in [0.4, 0.5) is 0 Å². The van der Waals surface area contributed by atoms with Gasteiger partial charge in [-0.2, -0.15) is 4.98 Å². The highest BCUT2D eigenvalue weighted by Gasteiger charge is 2.15. The van der Waals surface area contributed by atoms with Crippen molar-refractivity contribution in [3.05, 3.63) is 64.0 Å². The molecule has 0 aliphatic carbocycles. The average Bonchev–Trinajstić information content (AvgIpc) is 3.13. The Hall–Kier alpha value is -2.13. The van der Waals surface area contributed by atoms with Crippen molar-refractivity contribution in [3.8, 4) is 17.1 Å². The first-order valence-corrected chi connectivity index (χ1v) is 10.7. The van der Waals surface area contributed by atoms with Crippen LogP contribution in [-0.2, 0) is 22.3 Å². The summed E-state index contributed by atoms with van der Waals surface area (Å²) in [5.74, 6) is 1.01. The Morgan fingerprint density at radius 1 is 1.11 bits per heavy atom. The van der Waals surface area contributed by atoms with E-state index in [9.17, 15) is 8.42 Å². The van der Waals surface area contributed by atoms with E-state index in [0.29, 0.717) is 28.0 Å². The molecule has 1 N–H and O–H groups in total. The van der Waals surface area contributed by atoms with E-state index >= 15 is 0 Å². The van der Waals surface area contributed by atoms with Crippen molar-refractivity contribution < 1.29 is 17.7 Å². The molecule has 10 heteroatoms. The minimum Gasteiger partial charge on any atom is -0.494 e. The lowest BCUT2D eigenvalue weighted by molar-refractivity contribution is 0.340. The smallest absolute Gasteiger partial charge is 0.242 e. The summed E-state index contributed by atoms with van der Waals surface area (Å²) in [4.78, 5) is 4.21. The van der Waals surface area contributed by atoms with Crippen LogP contribution in [0.2, 0.25) is 10.0 Å². The molecule has 0 bridgehead atoms. The maximum atomic E-state index is 12.3. The Morgan fingerprint density at radius 3 is 2.54 bits per heavy atom.